The highest BCUT2D eigenvalue weighted by molar-refractivity contribution is 5.69. The fraction of sp³-hybridized carbons (Fsp3) is 0.905. The van der Waals surface area contributed by atoms with E-state index in [9.17, 15) is 9.59 Å². The summed E-state index contributed by atoms with van der Waals surface area (Å²) in [5, 5.41) is 0. The molecule has 0 rings (SSSR count). The van der Waals surface area contributed by atoms with E-state index >= 15 is 0 Å². The number of unbranched alkanes of at least 4 members (excludes halogenated alkanes) is 8. The van der Waals surface area contributed by atoms with E-state index in [1.807, 2.05) is 0 Å². The van der Waals surface area contributed by atoms with Gasteiger partial charge in [0.15, 0.2) is 0 Å². The van der Waals surface area contributed by atoms with Crippen LogP contribution in [0.15, 0.2) is 0 Å². The van der Waals surface area contributed by atoms with Gasteiger partial charge in [-0.15, -0.1) is 0 Å². The zero-order valence-electron chi connectivity index (χ0n) is 17.5. The van der Waals surface area contributed by atoms with Crippen LogP contribution in [-0.4, -0.2) is 51.6 Å². The maximum atomic E-state index is 11.6. The second kappa shape index (κ2) is 21.2. The minimum atomic E-state index is -0.252. The number of carbonyl (C=O) groups is 2. The van der Waals surface area contributed by atoms with Gasteiger partial charge in [-0.1, -0.05) is 58.3 Å². The van der Waals surface area contributed by atoms with Gasteiger partial charge in [0, 0.05) is 6.42 Å². The fourth-order valence-electron chi connectivity index (χ4n) is 2.58. The lowest BCUT2D eigenvalue weighted by Gasteiger charge is -2.07. The molecule has 0 radical (unpaired) electrons. The summed E-state index contributed by atoms with van der Waals surface area (Å²) >= 11 is 0. The van der Waals surface area contributed by atoms with Gasteiger partial charge in [0.2, 0.25) is 0 Å². The van der Waals surface area contributed by atoms with Gasteiger partial charge in [-0.05, 0) is 13.3 Å². The molecule has 0 unspecified atom stereocenters. The first-order chi connectivity index (χ1) is 13.2. The van der Waals surface area contributed by atoms with Crippen molar-refractivity contribution in [1.29, 1.82) is 0 Å². The molecular formula is C21H40O6. The number of carbonyl (C=O) groups excluding carboxylic acids is 2. The Morgan fingerprint density at radius 1 is 0.556 bits per heavy atom. The molecule has 6 nitrogen and oxygen atoms in total. The van der Waals surface area contributed by atoms with E-state index in [0.717, 1.165) is 12.8 Å². The topological polar surface area (TPSA) is 71.1 Å². The van der Waals surface area contributed by atoms with Crippen molar-refractivity contribution < 1.29 is 28.5 Å². The molecule has 0 fully saturated rings. The van der Waals surface area contributed by atoms with Crippen molar-refractivity contribution >= 4 is 11.9 Å². The normalized spacial score (nSPS) is 10.7. The van der Waals surface area contributed by atoms with Gasteiger partial charge in [-0.25, -0.2) is 0 Å². The molecule has 0 aliphatic heterocycles. The Bertz CT molecular complexity index is 346. The van der Waals surface area contributed by atoms with Crippen LogP contribution in [0.2, 0.25) is 0 Å². The minimum absolute atomic E-state index is 0.146. The van der Waals surface area contributed by atoms with Crippen molar-refractivity contribution in [3.05, 3.63) is 0 Å². The van der Waals surface area contributed by atoms with Crippen molar-refractivity contribution in [2.45, 2.75) is 84.5 Å². The number of hydrogen-bond acceptors (Lipinski definition) is 6. The second-order valence-electron chi connectivity index (χ2n) is 6.58. The first-order valence-corrected chi connectivity index (χ1v) is 10.7. The van der Waals surface area contributed by atoms with E-state index in [0.29, 0.717) is 39.5 Å². The Hall–Kier alpha value is -1.14. The molecule has 0 atom stereocenters. The van der Waals surface area contributed by atoms with E-state index in [4.69, 9.17) is 18.9 Å². The van der Waals surface area contributed by atoms with Crippen LogP contribution >= 0.6 is 0 Å². The highest BCUT2D eigenvalue weighted by Gasteiger charge is 2.03. The molecule has 0 saturated heterocycles. The predicted octanol–water partition coefficient (Wildman–Crippen LogP) is 4.44. The summed E-state index contributed by atoms with van der Waals surface area (Å²) in [5.41, 5.74) is 0. The van der Waals surface area contributed by atoms with Crippen molar-refractivity contribution in [2.24, 2.45) is 0 Å². The van der Waals surface area contributed by atoms with Crippen molar-refractivity contribution in [3.63, 3.8) is 0 Å². The summed E-state index contributed by atoms with van der Waals surface area (Å²) in [5.74, 6) is -0.399. The summed E-state index contributed by atoms with van der Waals surface area (Å²) in [6.07, 6.45) is 11.9. The molecule has 0 aromatic rings. The van der Waals surface area contributed by atoms with Crippen LogP contribution in [0.5, 0.6) is 0 Å². The van der Waals surface area contributed by atoms with Gasteiger partial charge in [0.05, 0.1) is 39.5 Å². The van der Waals surface area contributed by atoms with Crippen molar-refractivity contribution in [2.75, 3.05) is 39.6 Å². The van der Waals surface area contributed by atoms with E-state index in [-0.39, 0.29) is 25.0 Å². The summed E-state index contributed by atoms with van der Waals surface area (Å²) < 4.78 is 20.5. The molecule has 160 valence electrons. The summed E-state index contributed by atoms with van der Waals surface area (Å²) in [4.78, 5) is 22.7. The predicted molar refractivity (Wildman–Crippen MR) is 106 cm³/mol. The SMILES string of the molecule is CCCCCCCCCCCC(=O)OCCOCCOCCC(=O)OCC. The lowest BCUT2D eigenvalue weighted by Crippen LogP contribution is -2.14. The Morgan fingerprint density at radius 2 is 1.07 bits per heavy atom. The van der Waals surface area contributed by atoms with Gasteiger partial charge in [-0.2, -0.15) is 0 Å². The molecule has 0 heterocycles. The largest absolute Gasteiger partial charge is 0.466 e. The quantitative estimate of drug-likeness (QED) is 0.227. The van der Waals surface area contributed by atoms with Crippen LogP contribution in [0, 0.1) is 0 Å². The van der Waals surface area contributed by atoms with Crippen LogP contribution < -0.4 is 0 Å². The molecule has 0 aromatic heterocycles. The van der Waals surface area contributed by atoms with Gasteiger partial charge in [-0.3, -0.25) is 9.59 Å². The molecule has 0 aliphatic rings. The maximum absolute atomic E-state index is 11.6. The average molecular weight is 389 g/mol. The van der Waals surface area contributed by atoms with Crippen LogP contribution in [0.1, 0.15) is 84.5 Å². The number of rotatable bonds is 20. The molecule has 0 bridgehead atoms. The van der Waals surface area contributed by atoms with Gasteiger partial charge in [0.25, 0.3) is 0 Å². The molecule has 0 saturated carbocycles. The zero-order chi connectivity index (χ0) is 20.0. The summed E-state index contributed by atoms with van der Waals surface area (Å²) in [6, 6.07) is 0. The van der Waals surface area contributed by atoms with E-state index in [1.165, 1.54) is 44.9 Å². The molecule has 0 aromatic carbocycles. The Balaban J connectivity index is 3.20. The standard InChI is InChI=1S/C21H40O6/c1-3-5-6-7-8-9-10-11-12-13-20(22)27-19-18-25-17-16-24-15-14-21(23)26-4-2/h3-19H2,1-2H3. The van der Waals surface area contributed by atoms with E-state index in [2.05, 4.69) is 6.92 Å². The lowest BCUT2D eigenvalue weighted by molar-refractivity contribution is -0.145. The molecule has 27 heavy (non-hydrogen) atoms. The first kappa shape index (κ1) is 25.9. The van der Waals surface area contributed by atoms with Crippen molar-refractivity contribution in [1.82, 2.24) is 0 Å². The monoisotopic (exact) mass is 388 g/mol. The second-order valence-corrected chi connectivity index (χ2v) is 6.58. The van der Waals surface area contributed by atoms with Gasteiger partial charge < -0.3 is 18.9 Å². The van der Waals surface area contributed by atoms with Crippen LogP contribution in [0.4, 0.5) is 0 Å². The van der Waals surface area contributed by atoms with Gasteiger partial charge in [0.1, 0.15) is 6.61 Å². The third-order valence-corrected chi connectivity index (χ3v) is 4.10. The highest BCUT2D eigenvalue weighted by Crippen LogP contribution is 2.10. The Labute approximate surface area is 165 Å². The molecule has 0 N–H and O–H groups in total. The number of hydrogen-bond donors (Lipinski definition) is 0. The smallest absolute Gasteiger partial charge is 0.308 e. The molecule has 6 heteroatoms. The van der Waals surface area contributed by atoms with Crippen LogP contribution in [-0.2, 0) is 28.5 Å². The number of esters is 2. The maximum Gasteiger partial charge on any atom is 0.308 e. The van der Waals surface area contributed by atoms with Crippen molar-refractivity contribution in [3.8, 4) is 0 Å². The zero-order valence-corrected chi connectivity index (χ0v) is 17.5. The van der Waals surface area contributed by atoms with Crippen LogP contribution in [0.25, 0.3) is 0 Å². The lowest BCUT2D eigenvalue weighted by atomic mass is 10.1. The third-order valence-electron chi connectivity index (χ3n) is 4.10. The number of ether oxygens (including phenoxy) is 4. The Morgan fingerprint density at radius 3 is 1.70 bits per heavy atom. The van der Waals surface area contributed by atoms with Crippen LogP contribution in [0.3, 0.4) is 0 Å². The molecule has 0 amide bonds. The molecule has 0 aliphatic carbocycles. The Kier molecular flexibility index (Phi) is 20.3. The first-order valence-electron chi connectivity index (χ1n) is 10.7. The highest BCUT2D eigenvalue weighted by atomic mass is 16.6. The average Bonchev–Trinajstić information content (AvgIpc) is 2.65. The third kappa shape index (κ3) is 21.0. The summed E-state index contributed by atoms with van der Waals surface area (Å²) in [7, 11) is 0. The molecular weight excluding hydrogens is 348 g/mol. The molecule has 0 spiro atoms. The van der Waals surface area contributed by atoms with E-state index in [1.54, 1.807) is 6.92 Å². The van der Waals surface area contributed by atoms with Gasteiger partial charge >= 0.3 is 11.9 Å². The van der Waals surface area contributed by atoms with E-state index < -0.39 is 0 Å². The minimum Gasteiger partial charge on any atom is -0.466 e. The fourth-order valence-corrected chi connectivity index (χ4v) is 2.58. The summed E-state index contributed by atoms with van der Waals surface area (Å²) in [6.45, 7) is 6.19.